The van der Waals surface area contributed by atoms with Gasteiger partial charge >= 0.3 is 5.97 Å². The van der Waals surface area contributed by atoms with Gasteiger partial charge in [0.1, 0.15) is 12.1 Å². The van der Waals surface area contributed by atoms with Crippen molar-refractivity contribution in [3.8, 4) is 0 Å². The molecule has 0 radical (unpaired) electrons. The maximum absolute atomic E-state index is 12.4. The Morgan fingerprint density at radius 1 is 1.00 bits per heavy atom. The van der Waals surface area contributed by atoms with E-state index in [0.717, 1.165) is 6.42 Å². The topological polar surface area (TPSA) is 194 Å². The fourth-order valence-electron chi connectivity index (χ4n) is 2.58. The zero-order valence-corrected chi connectivity index (χ0v) is 16.6. The molecule has 164 valence electrons. The monoisotopic (exact) mass is 421 g/mol. The Hall–Kier alpha value is -3.47. The van der Waals surface area contributed by atoms with Gasteiger partial charge in [0, 0.05) is 18.2 Å². The minimum Gasteiger partial charge on any atom is -0.480 e. The maximum Gasteiger partial charge on any atom is 0.326 e. The third-order valence-corrected chi connectivity index (χ3v) is 4.06. The highest BCUT2D eigenvalue weighted by Crippen LogP contribution is 2.12. The van der Waals surface area contributed by atoms with Gasteiger partial charge in [0.15, 0.2) is 0 Å². The predicted octanol–water partition coefficient (Wildman–Crippen LogP) is -0.683. The number of nitrogens with two attached hydrogens (primary N) is 2. The van der Waals surface area contributed by atoms with Gasteiger partial charge in [-0.25, -0.2) is 4.79 Å². The summed E-state index contributed by atoms with van der Waals surface area (Å²) in [4.78, 5) is 58.0. The van der Waals surface area contributed by atoms with Gasteiger partial charge in [-0.2, -0.15) is 0 Å². The summed E-state index contributed by atoms with van der Waals surface area (Å²) in [6.45, 7) is 1.80. The first-order chi connectivity index (χ1) is 14.1. The first-order valence-corrected chi connectivity index (χ1v) is 9.34. The molecule has 0 fully saturated rings. The lowest BCUT2D eigenvalue weighted by Gasteiger charge is -2.18. The van der Waals surface area contributed by atoms with Gasteiger partial charge in [-0.05, 0) is 50.1 Å². The standard InChI is InChI=1S/C19H27N5O6/c1-11(25)22-14(4-2-3-9-20)18(28)23-13-7-5-12(6-8-13)17(27)24-15(19(29)30)10-16(21)26/h5-8,14-15H,2-4,9-10,20H2,1H3,(H2,21,26)(H,22,25)(H,23,28)(H,24,27)(H,29,30)/t14?,15-/m0/s1. The van der Waals surface area contributed by atoms with Crippen LogP contribution in [0.1, 0.15) is 43.0 Å². The molecule has 0 aliphatic heterocycles. The van der Waals surface area contributed by atoms with Crippen LogP contribution in [-0.2, 0) is 19.2 Å². The number of nitrogens with one attached hydrogen (secondary N) is 3. The third kappa shape index (κ3) is 8.69. The van der Waals surface area contributed by atoms with E-state index >= 15 is 0 Å². The molecule has 11 nitrogen and oxygen atoms in total. The average molecular weight is 421 g/mol. The van der Waals surface area contributed by atoms with Gasteiger partial charge in [0.25, 0.3) is 5.91 Å². The lowest BCUT2D eigenvalue weighted by atomic mass is 10.1. The third-order valence-electron chi connectivity index (χ3n) is 4.06. The van der Waals surface area contributed by atoms with E-state index < -0.39 is 42.2 Å². The number of aliphatic carboxylic acids is 1. The summed E-state index contributed by atoms with van der Waals surface area (Å²) in [5, 5.41) is 16.5. The molecule has 2 atom stereocenters. The normalized spacial score (nSPS) is 12.3. The molecule has 1 aromatic rings. The lowest BCUT2D eigenvalue weighted by Crippen LogP contribution is -2.43. The van der Waals surface area contributed by atoms with Crippen molar-refractivity contribution in [2.75, 3.05) is 11.9 Å². The Balaban J connectivity index is 2.76. The number of anilines is 1. The van der Waals surface area contributed by atoms with Gasteiger partial charge in [0.05, 0.1) is 6.42 Å². The minimum absolute atomic E-state index is 0.130. The highest BCUT2D eigenvalue weighted by atomic mass is 16.4. The Kier molecular flexibility index (Phi) is 9.97. The molecular weight excluding hydrogens is 394 g/mol. The number of carbonyl (C=O) groups excluding carboxylic acids is 4. The molecule has 0 spiro atoms. The van der Waals surface area contributed by atoms with Crippen molar-refractivity contribution in [3.05, 3.63) is 29.8 Å². The summed E-state index contributed by atoms with van der Waals surface area (Å²) >= 11 is 0. The number of benzene rings is 1. The lowest BCUT2D eigenvalue weighted by molar-refractivity contribution is -0.141. The first-order valence-electron chi connectivity index (χ1n) is 9.34. The van der Waals surface area contributed by atoms with Crippen molar-refractivity contribution >= 4 is 35.3 Å². The largest absolute Gasteiger partial charge is 0.480 e. The van der Waals surface area contributed by atoms with Gasteiger partial charge in [-0.1, -0.05) is 0 Å². The second-order valence-corrected chi connectivity index (χ2v) is 6.64. The van der Waals surface area contributed by atoms with Crippen LogP contribution < -0.4 is 27.4 Å². The van der Waals surface area contributed by atoms with Crippen molar-refractivity contribution in [2.45, 2.75) is 44.7 Å². The van der Waals surface area contributed by atoms with Crippen LogP contribution in [0.2, 0.25) is 0 Å². The number of amides is 4. The van der Waals surface area contributed by atoms with Gasteiger partial charge in [-0.15, -0.1) is 0 Å². The van der Waals surface area contributed by atoms with E-state index in [1.807, 2.05) is 0 Å². The second kappa shape index (κ2) is 12.2. The van der Waals surface area contributed by atoms with Gasteiger partial charge in [-0.3, -0.25) is 19.2 Å². The van der Waals surface area contributed by atoms with Gasteiger partial charge < -0.3 is 32.5 Å². The predicted molar refractivity (Wildman–Crippen MR) is 108 cm³/mol. The van der Waals surface area contributed by atoms with E-state index in [4.69, 9.17) is 16.6 Å². The van der Waals surface area contributed by atoms with E-state index in [1.165, 1.54) is 31.2 Å². The molecular formula is C19H27N5O6. The maximum atomic E-state index is 12.4. The number of primary amides is 1. The molecule has 4 amide bonds. The minimum atomic E-state index is -1.44. The van der Waals surface area contributed by atoms with Crippen LogP contribution in [0.15, 0.2) is 24.3 Å². The summed E-state index contributed by atoms with van der Waals surface area (Å²) in [6.07, 6.45) is 1.29. The zero-order valence-electron chi connectivity index (χ0n) is 16.6. The molecule has 8 N–H and O–H groups in total. The van der Waals surface area contributed by atoms with Crippen LogP contribution in [0.4, 0.5) is 5.69 Å². The second-order valence-electron chi connectivity index (χ2n) is 6.64. The summed E-state index contributed by atoms with van der Waals surface area (Å²) < 4.78 is 0. The van der Waals surface area contributed by atoms with Crippen LogP contribution in [0.3, 0.4) is 0 Å². The van der Waals surface area contributed by atoms with Crippen molar-refractivity contribution in [1.82, 2.24) is 10.6 Å². The highest BCUT2D eigenvalue weighted by molar-refractivity contribution is 5.99. The average Bonchev–Trinajstić information content (AvgIpc) is 2.66. The number of rotatable bonds is 12. The SMILES string of the molecule is CC(=O)NC(CCCCN)C(=O)Nc1ccc(C(=O)N[C@@H](CC(N)=O)C(=O)O)cc1. The van der Waals surface area contributed by atoms with Crippen LogP contribution in [0, 0.1) is 0 Å². The Labute approximate surface area is 173 Å². The van der Waals surface area contributed by atoms with E-state index in [1.54, 1.807) is 0 Å². The molecule has 0 saturated heterocycles. The van der Waals surface area contributed by atoms with Crippen molar-refractivity contribution in [2.24, 2.45) is 11.5 Å². The molecule has 0 bridgehead atoms. The van der Waals surface area contributed by atoms with Crippen molar-refractivity contribution in [1.29, 1.82) is 0 Å². The van der Waals surface area contributed by atoms with E-state index in [2.05, 4.69) is 16.0 Å². The summed E-state index contributed by atoms with van der Waals surface area (Å²) in [5.74, 6) is -3.70. The number of carboxylic acids is 1. The fraction of sp³-hybridized carbons (Fsp3) is 0.421. The Morgan fingerprint density at radius 2 is 1.63 bits per heavy atom. The van der Waals surface area contributed by atoms with Crippen LogP contribution in [0.5, 0.6) is 0 Å². The van der Waals surface area contributed by atoms with E-state index in [9.17, 15) is 24.0 Å². The number of unbranched alkanes of at least 4 members (excludes halogenated alkanes) is 1. The fourth-order valence-corrected chi connectivity index (χ4v) is 2.58. The number of hydrogen-bond donors (Lipinski definition) is 6. The van der Waals surface area contributed by atoms with E-state index in [0.29, 0.717) is 25.1 Å². The highest BCUT2D eigenvalue weighted by Gasteiger charge is 2.23. The Morgan fingerprint density at radius 3 is 2.13 bits per heavy atom. The zero-order chi connectivity index (χ0) is 22.7. The molecule has 0 heterocycles. The molecule has 1 aromatic carbocycles. The summed E-state index contributed by atoms with van der Waals surface area (Å²) in [7, 11) is 0. The molecule has 0 saturated carbocycles. The van der Waals surface area contributed by atoms with E-state index in [-0.39, 0.29) is 11.5 Å². The molecule has 0 aromatic heterocycles. The van der Waals surface area contributed by atoms with Crippen LogP contribution >= 0.6 is 0 Å². The van der Waals surface area contributed by atoms with Gasteiger partial charge in [0.2, 0.25) is 17.7 Å². The summed E-state index contributed by atoms with van der Waals surface area (Å²) in [5.41, 5.74) is 10.9. The van der Waals surface area contributed by atoms with Crippen LogP contribution in [-0.4, -0.2) is 53.3 Å². The quantitative estimate of drug-likeness (QED) is 0.240. The smallest absolute Gasteiger partial charge is 0.326 e. The molecule has 0 aliphatic rings. The molecule has 30 heavy (non-hydrogen) atoms. The number of carbonyl (C=O) groups is 5. The molecule has 1 rings (SSSR count). The number of carboxylic acid groups (broad SMARTS) is 1. The molecule has 0 aliphatic carbocycles. The van der Waals surface area contributed by atoms with Crippen molar-refractivity contribution < 1.29 is 29.1 Å². The molecule has 11 heteroatoms. The van der Waals surface area contributed by atoms with Crippen LogP contribution in [0.25, 0.3) is 0 Å². The Bertz CT molecular complexity index is 780. The first kappa shape index (κ1) is 24.6. The molecule has 1 unspecified atom stereocenters. The summed E-state index contributed by atoms with van der Waals surface area (Å²) in [6, 6.07) is 3.53. The number of hydrogen-bond acceptors (Lipinski definition) is 6. The van der Waals surface area contributed by atoms with Crippen molar-refractivity contribution in [3.63, 3.8) is 0 Å².